The maximum Gasteiger partial charge on any atom is 0.318 e. The van der Waals surface area contributed by atoms with Gasteiger partial charge in [-0.15, -0.1) is 20.5 Å². The summed E-state index contributed by atoms with van der Waals surface area (Å²) in [5.41, 5.74) is 2.10. The van der Waals surface area contributed by atoms with Gasteiger partial charge in [0.2, 0.25) is 0 Å². The van der Waals surface area contributed by atoms with Crippen molar-refractivity contribution in [1.82, 2.24) is 0 Å². The molecule has 0 aliphatic carbocycles. The molecule has 0 unspecified atom stereocenters. The zero-order valence-corrected chi connectivity index (χ0v) is 12.6. The minimum Gasteiger partial charge on any atom is -0.263 e. The van der Waals surface area contributed by atoms with Gasteiger partial charge in [0, 0.05) is 10.9 Å². The molecular formula is C19H12N4O. The van der Waals surface area contributed by atoms with E-state index in [-0.39, 0.29) is 5.70 Å². The van der Waals surface area contributed by atoms with Crippen LogP contribution in [0.3, 0.4) is 0 Å². The van der Waals surface area contributed by atoms with Gasteiger partial charge in [-0.2, -0.15) is 0 Å². The number of hydrogen-bond donors (Lipinski definition) is 0. The summed E-state index contributed by atoms with van der Waals surface area (Å²) in [4.78, 5) is 12.0. The van der Waals surface area contributed by atoms with Crippen LogP contribution in [-0.4, -0.2) is 5.91 Å². The number of carbonyl (C=O) groups is 1. The Bertz CT molecular complexity index is 1010. The fourth-order valence-corrected chi connectivity index (χ4v) is 2.57. The molecule has 1 heterocycles. The molecule has 1 amide bonds. The van der Waals surface area contributed by atoms with Crippen LogP contribution in [0.5, 0.6) is 0 Å². The van der Waals surface area contributed by atoms with E-state index in [0.717, 1.165) is 16.3 Å². The molecule has 0 N–H and O–H groups in total. The third kappa shape index (κ3) is 2.52. The van der Waals surface area contributed by atoms with Gasteiger partial charge in [-0.25, -0.2) is 0 Å². The van der Waals surface area contributed by atoms with E-state index in [1.807, 2.05) is 72.8 Å². The lowest BCUT2D eigenvalue weighted by Crippen LogP contribution is -1.92. The highest BCUT2D eigenvalue weighted by molar-refractivity contribution is 6.03. The average Bonchev–Trinajstić information content (AvgIpc) is 3.01. The molecule has 0 spiro atoms. The number of azo groups is 2. The molecule has 3 aromatic carbocycles. The van der Waals surface area contributed by atoms with Gasteiger partial charge >= 0.3 is 5.91 Å². The molecule has 0 fully saturated rings. The number of benzene rings is 3. The maximum atomic E-state index is 12.0. The Balaban J connectivity index is 1.78. The largest absolute Gasteiger partial charge is 0.318 e. The topological polar surface area (TPSA) is 66.5 Å². The average molecular weight is 312 g/mol. The van der Waals surface area contributed by atoms with Gasteiger partial charge in [0.1, 0.15) is 5.70 Å². The molecule has 0 atom stereocenters. The van der Waals surface area contributed by atoms with Crippen molar-refractivity contribution in [2.45, 2.75) is 0 Å². The van der Waals surface area contributed by atoms with E-state index in [1.54, 1.807) is 0 Å². The summed E-state index contributed by atoms with van der Waals surface area (Å²) in [6, 6.07) is 23.1. The van der Waals surface area contributed by atoms with Crippen LogP contribution in [-0.2, 0) is 4.79 Å². The number of carbonyl (C=O) groups excluding carboxylic acids is 1. The lowest BCUT2D eigenvalue weighted by molar-refractivity contribution is -0.114. The van der Waals surface area contributed by atoms with Crippen LogP contribution >= 0.6 is 0 Å². The predicted octanol–water partition coefficient (Wildman–Crippen LogP) is 5.28. The second-order valence-electron chi connectivity index (χ2n) is 5.27. The monoisotopic (exact) mass is 312 g/mol. The Morgan fingerprint density at radius 2 is 1.46 bits per heavy atom. The van der Waals surface area contributed by atoms with E-state index in [1.165, 1.54) is 0 Å². The van der Waals surface area contributed by atoms with Crippen molar-refractivity contribution in [3.63, 3.8) is 0 Å². The second kappa shape index (κ2) is 5.96. The highest BCUT2D eigenvalue weighted by Gasteiger charge is 2.22. The van der Waals surface area contributed by atoms with Gasteiger partial charge in [0.15, 0.2) is 5.70 Å². The number of hydrogen-bond acceptors (Lipinski definition) is 4. The summed E-state index contributed by atoms with van der Waals surface area (Å²) in [5.74, 6) is -0.474. The highest BCUT2D eigenvalue weighted by Crippen LogP contribution is 2.30. The normalized spacial score (nSPS) is 14.2. The first kappa shape index (κ1) is 14.1. The van der Waals surface area contributed by atoms with E-state index in [9.17, 15) is 4.79 Å². The van der Waals surface area contributed by atoms with Crippen LogP contribution in [0.25, 0.3) is 16.5 Å². The van der Waals surface area contributed by atoms with E-state index in [4.69, 9.17) is 0 Å². The minimum absolute atomic E-state index is 0.161. The van der Waals surface area contributed by atoms with Crippen molar-refractivity contribution in [2.24, 2.45) is 20.5 Å². The number of rotatable bonds is 3. The Labute approximate surface area is 138 Å². The summed E-state index contributed by atoms with van der Waals surface area (Å²) in [7, 11) is 0. The summed E-state index contributed by atoms with van der Waals surface area (Å²) in [5, 5.41) is 18.0. The summed E-state index contributed by atoms with van der Waals surface area (Å²) in [6.07, 6.45) is 0. The van der Waals surface area contributed by atoms with Crippen LogP contribution in [0.1, 0.15) is 5.56 Å². The third-order valence-corrected chi connectivity index (χ3v) is 3.74. The second-order valence-corrected chi connectivity index (χ2v) is 5.27. The van der Waals surface area contributed by atoms with Crippen molar-refractivity contribution in [2.75, 3.05) is 0 Å². The summed E-state index contributed by atoms with van der Waals surface area (Å²) in [6.45, 7) is 0. The Kier molecular flexibility index (Phi) is 3.51. The Morgan fingerprint density at radius 3 is 2.33 bits per heavy atom. The Hall–Kier alpha value is -3.47. The molecule has 24 heavy (non-hydrogen) atoms. The van der Waals surface area contributed by atoms with Crippen LogP contribution in [0.4, 0.5) is 5.69 Å². The van der Waals surface area contributed by atoms with Crippen molar-refractivity contribution in [1.29, 1.82) is 0 Å². The van der Waals surface area contributed by atoms with Crippen LogP contribution in [0.2, 0.25) is 0 Å². The molecule has 4 rings (SSSR count). The standard InChI is InChI=1S/C19H12N4O/c24-19-18(17(21-23-19)14-8-2-1-3-9-14)22-20-16-12-6-10-13-7-4-5-11-15(13)16/h1-12H. The lowest BCUT2D eigenvalue weighted by atomic mass is 10.1. The molecule has 114 valence electrons. The molecule has 0 saturated carbocycles. The lowest BCUT2D eigenvalue weighted by Gasteiger charge is -2.01. The quantitative estimate of drug-likeness (QED) is 0.606. The molecule has 5 nitrogen and oxygen atoms in total. The van der Waals surface area contributed by atoms with Crippen LogP contribution < -0.4 is 0 Å². The smallest absolute Gasteiger partial charge is 0.263 e. The SMILES string of the molecule is O=C1N=NC(c2ccccc2)=C1N=Nc1cccc2ccccc12. The highest BCUT2D eigenvalue weighted by atomic mass is 16.2. The molecule has 1 aliphatic heterocycles. The fraction of sp³-hybridized carbons (Fsp3) is 0. The van der Waals surface area contributed by atoms with Crippen molar-refractivity contribution >= 4 is 28.1 Å². The van der Waals surface area contributed by atoms with E-state index < -0.39 is 5.91 Å². The zero-order chi connectivity index (χ0) is 16.4. The van der Waals surface area contributed by atoms with Crippen LogP contribution in [0, 0.1) is 0 Å². The first-order valence-corrected chi connectivity index (χ1v) is 7.48. The van der Waals surface area contributed by atoms with Gasteiger partial charge < -0.3 is 0 Å². The molecule has 1 aliphatic rings. The predicted molar refractivity (Wildman–Crippen MR) is 91.7 cm³/mol. The number of amides is 1. The molecule has 0 bridgehead atoms. The number of fused-ring (bicyclic) bond motifs is 1. The summed E-state index contributed by atoms with van der Waals surface area (Å²) < 4.78 is 0. The molecule has 3 aromatic rings. The van der Waals surface area contributed by atoms with Crippen molar-refractivity contribution in [3.8, 4) is 0 Å². The van der Waals surface area contributed by atoms with Gasteiger partial charge in [-0.1, -0.05) is 66.7 Å². The van der Waals surface area contributed by atoms with E-state index in [0.29, 0.717) is 11.4 Å². The first-order chi connectivity index (χ1) is 11.8. The van der Waals surface area contributed by atoms with Gasteiger partial charge in [-0.05, 0) is 11.5 Å². The van der Waals surface area contributed by atoms with Crippen molar-refractivity contribution < 1.29 is 4.79 Å². The summed E-state index contributed by atoms with van der Waals surface area (Å²) >= 11 is 0. The molecule has 5 heteroatoms. The van der Waals surface area contributed by atoms with Crippen LogP contribution in [0.15, 0.2) is 99.0 Å². The Morgan fingerprint density at radius 1 is 0.708 bits per heavy atom. The van der Waals surface area contributed by atoms with Gasteiger partial charge in [-0.3, -0.25) is 4.79 Å². The zero-order valence-electron chi connectivity index (χ0n) is 12.6. The van der Waals surface area contributed by atoms with E-state index in [2.05, 4.69) is 20.5 Å². The molecule has 0 radical (unpaired) electrons. The number of nitrogens with zero attached hydrogens (tertiary/aromatic N) is 4. The maximum absolute atomic E-state index is 12.0. The fourth-order valence-electron chi connectivity index (χ4n) is 2.57. The molecule has 0 aromatic heterocycles. The van der Waals surface area contributed by atoms with Gasteiger partial charge in [0.05, 0.1) is 5.69 Å². The third-order valence-electron chi connectivity index (χ3n) is 3.74. The van der Waals surface area contributed by atoms with Crippen molar-refractivity contribution in [3.05, 3.63) is 84.1 Å². The van der Waals surface area contributed by atoms with E-state index >= 15 is 0 Å². The first-order valence-electron chi connectivity index (χ1n) is 7.48. The molecule has 0 saturated heterocycles. The minimum atomic E-state index is -0.474. The molecular weight excluding hydrogens is 300 g/mol. The van der Waals surface area contributed by atoms with Gasteiger partial charge in [0.25, 0.3) is 0 Å².